The summed E-state index contributed by atoms with van der Waals surface area (Å²) in [4.78, 5) is 17.0. The highest BCUT2D eigenvalue weighted by Gasteiger charge is 2.14. The minimum absolute atomic E-state index is 0.133. The molecule has 0 atom stereocenters. The van der Waals surface area contributed by atoms with Gasteiger partial charge in [-0.3, -0.25) is 4.79 Å². The van der Waals surface area contributed by atoms with Crippen LogP contribution in [0.3, 0.4) is 0 Å². The average molecular weight is 275 g/mol. The Balaban J connectivity index is 2.19. The Morgan fingerprint density at radius 2 is 2.16 bits per heavy atom. The topological polar surface area (TPSA) is 68.0 Å². The van der Waals surface area contributed by atoms with E-state index in [1.807, 2.05) is 32.9 Å². The van der Waals surface area contributed by atoms with E-state index < -0.39 is 0 Å². The first-order chi connectivity index (χ1) is 9.01. The van der Waals surface area contributed by atoms with Crippen molar-refractivity contribution in [1.29, 1.82) is 0 Å². The SMILES string of the molecule is CCc1ccc(NC(=O)c2sc(C)nc2C)cc1N. The highest BCUT2D eigenvalue weighted by atomic mass is 32.1. The van der Waals surface area contributed by atoms with Crippen LogP contribution in [0.25, 0.3) is 0 Å². The molecule has 1 aromatic heterocycles. The molecule has 5 heteroatoms. The Hall–Kier alpha value is -1.88. The maximum absolute atomic E-state index is 12.1. The number of rotatable bonds is 3. The number of aromatic nitrogens is 1. The summed E-state index contributed by atoms with van der Waals surface area (Å²) in [5.41, 5.74) is 9.19. The van der Waals surface area contributed by atoms with Crippen molar-refractivity contribution in [3.05, 3.63) is 39.3 Å². The van der Waals surface area contributed by atoms with Crippen LogP contribution in [0.2, 0.25) is 0 Å². The third-order valence-electron chi connectivity index (χ3n) is 2.89. The smallest absolute Gasteiger partial charge is 0.267 e. The van der Waals surface area contributed by atoms with Gasteiger partial charge in [0.15, 0.2) is 0 Å². The molecular formula is C14H17N3OS. The van der Waals surface area contributed by atoms with Gasteiger partial charge in [0.25, 0.3) is 5.91 Å². The minimum Gasteiger partial charge on any atom is -0.398 e. The number of carbonyl (C=O) groups excluding carboxylic acids is 1. The molecule has 1 heterocycles. The second kappa shape index (κ2) is 5.40. The molecule has 2 rings (SSSR count). The molecule has 100 valence electrons. The minimum atomic E-state index is -0.133. The van der Waals surface area contributed by atoms with Crippen LogP contribution < -0.4 is 11.1 Å². The number of aryl methyl sites for hydroxylation is 3. The lowest BCUT2D eigenvalue weighted by Gasteiger charge is -2.08. The maximum Gasteiger partial charge on any atom is 0.267 e. The van der Waals surface area contributed by atoms with Gasteiger partial charge in [0.2, 0.25) is 0 Å². The zero-order valence-electron chi connectivity index (χ0n) is 11.3. The molecule has 4 nitrogen and oxygen atoms in total. The number of carbonyl (C=O) groups is 1. The van der Waals surface area contributed by atoms with Gasteiger partial charge >= 0.3 is 0 Å². The Morgan fingerprint density at radius 1 is 1.42 bits per heavy atom. The summed E-state index contributed by atoms with van der Waals surface area (Å²) in [5, 5.41) is 3.75. The number of hydrogen-bond donors (Lipinski definition) is 2. The van der Waals surface area contributed by atoms with Gasteiger partial charge in [-0.2, -0.15) is 0 Å². The summed E-state index contributed by atoms with van der Waals surface area (Å²) in [7, 11) is 0. The highest BCUT2D eigenvalue weighted by molar-refractivity contribution is 7.13. The molecule has 2 aromatic rings. The number of benzene rings is 1. The fourth-order valence-corrected chi connectivity index (χ4v) is 2.74. The van der Waals surface area contributed by atoms with Crippen LogP contribution in [-0.4, -0.2) is 10.9 Å². The lowest BCUT2D eigenvalue weighted by Crippen LogP contribution is -2.12. The van der Waals surface area contributed by atoms with Crippen LogP contribution in [0.4, 0.5) is 11.4 Å². The summed E-state index contributed by atoms with van der Waals surface area (Å²) in [6.07, 6.45) is 0.882. The molecule has 0 spiro atoms. The zero-order chi connectivity index (χ0) is 14.0. The number of nitrogen functional groups attached to an aromatic ring is 1. The van der Waals surface area contributed by atoms with Gasteiger partial charge in [0, 0.05) is 11.4 Å². The highest BCUT2D eigenvalue weighted by Crippen LogP contribution is 2.22. The van der Waals surface area contributed by atoms with E-state index in [2.05, 4.69) is 10.3 Å². The first kappa shape index (κ1) is 13.5. The maximum atomic E-state index is 12.1. The number of hydrogen-bond acceptors (Lipinski definition) is 4. The molecule has 0 aliphatic carbocycles. The van der Waals surface area contributed by atoms with Crippen LogP contribution >= 0.6 is 11.3 Å². The standard InChI is InChI=1S/C14H17N3OS/c1-4-10-5-6-11(7-12(10)15)17-14(18)13-8(2)16-9(3)19-13/h5-7H,4,15H2,1-3H3,(H,17,18). The molecule has 0 saturated heterocycles. The van der Waals surface area contributed by atoms with E-state index in [1.165, 1.54) is 11.3 Å². The van der Waals surface area contributed by atoms with Crippen LogP contribution in [-0.2, 0) is 6.42 Å². The van der Waals surface area contributed by atoms with E-state index >= 15 is 0 Å². The van der Waals surface area contributed by atoms with Gasteiger partial charge in [-0.15, -0.1) is 11.3 Å². The monoisotopic (exact) mass is 275 g/mol. The molecule has 0 aliphatic rings. The van der Waals surface area contributed by atoms with Crippen LogP contribution in [0.5, 0.6) is 0 Å². The molecule has 0 aliphatic heterocycles. The normalized spacial score (nSPS) is 10.5. The third-order valence-corrected chi connectivity index (χ3v) is 3.97. The van der Waals surface area contributed by atoms with E-state index in [1.54, 1.807) is 6.07 Å². The number of thiazole rings is 1. The molecule has 1 aromatic carbocycles. The predicted molar refractivity (Wildman–Crippen MR) is 79.8 cm³/mol. The Bertz CT molecular complexity index is 619. The molecule has 1 amide bonds. The van der Waals surface area contributed by atoms with Crippen molar-refractivity contribution in [3.8, 4) is 0 Å². The van der Waals surface area contributed by atoms with Crippen molar-refractivity contribution in [2.75, 3.05) is 11.1 Å². The third kappa shape index (κ3) is 2.93. The Labute approximate surface area is 116 Å². The number of nitrogens with two attached hydrogens (primary N) is 1. The van der Waals surface area contributed by atoms with Crippen LogP contribution in [0, 0.1) is 13.8 Å². The molecule has 0 fully saturated rings. The number of nitrogens with zero attached hydrogens (tertiary/aromatic N) is 1. The predicted octanol–water partition coefficient (Wildman–Crippen LogP) is 3.16. The second-order valence-corrected chi connectivity index (χ2v) is 5.57. The largest absolute Gasteiger partial charge is 0.398 e. The fourth-order valence-electron chi connectivity index (χ4n) is 1.92. The van der Waals surface area contributed by atoms with Gasteiger partial charge in [-0.05, 0) is 38.0 Å². The second-order valence-electron chi connectivity index (χ2n) is 4.37. The molecule has 3 N–H and O–H groups in total. The molecular weight excluding hydrogens is 258 g/mol. The number of amides is 1. The van der Waals surface area contributed by atoms with Gasteiger partial charge in [-0.1, -0.05) is 13.0 Å². The quantitative estimate of drug-likeness (QED) is 0.845. The van der Waals surface area contributed by atoms with E-state index in [-0.39, 0.29) is 5.91 Å². The van der Waals surface area contributed by atoms with E-state index in [0.29, 0.717) is 16.3 Å². The van der Waals surface area contributed by atoms with E-state index in [0.717, 1.165) is 22.7 Å². The van der Waals surface area contributed by atoms with Gasteiger partial charge in [0.1, 0.15) is 4.88 Å². The summed E-state index contributed by atoms with van der Waals surface area (Å²) < 4.78 is 0. The summed E-state index contributed by atoms with van der Waals surface area (Å²) in [6.45, 7) is 5.78. The van der Waals surface area contributed by atoms with Crippen molar-refractivity contribution >= 4 is 28.6 Å². The van der Waals surface area contributed by atoms with Crippen molar-refractivity contribution in [2.24, 2.45) is 0 Å². The van der Waals surface area contributed by atoms with Gasteiger partial charge in [0.05, 0.1) is 10.7 Å². The Morgan fingerprint density at radius 3 is 2.68 bits per heavy atom. The first-order valence-corrected chi connectivity index (χ1v) is 6.96. The lowest BCUT2D eigenvalue weighted by atomic mass is 10.1. The Kier molecular flexibility index (Phi) is 3.85. The van der Waals surface area contributed by atoms with E-state index in [4.69, 9.17) is 5.73 Å². The van der Waals surface area contributed by atoms with Gasteiger partial charge in [-0.25, -0.2) is 4.98 Å². The lowest BCUT2D eigenvalue weighted by molar-refractivity contribution is 0.103. The molecule has 19 heavy (non-hydrogen) atoms. The van der Waals surface area contributed by atoms with Crippen molar-refractivity contribution in [2.45, 2.75) is 27.2 Å². The zero-order valence-corrected chi connectivity index (χ0v) is 12.1. The van der Waals surface area contributed by atoms with Crippen molar-refractivity contribution in [3.63, 3.8) is 0 Å². The number of nitrogens with one attached hydrogen (secondary N) is 1. The number of anilines is 2. The van der Waals surface area contributed by atoms with Crippen LogP contribution in [0.1, 0.15) is 32.9 Å². The summed E-state index contributed by atoms with van der Waals surface area (Å²) >= 11 is 1.40. The average Bonchev–Trinajstić information content (AvgIpc) is 2.69. The summed E-state index contributed by atoms with van der Waals surface area (Å²) in [5.74, 6) is -0.133. The molecule has 0 radical (unpaired) electrons. The summed E-state index contributed by atoms with van der Waals surface area (Å²) in [6, 6.07) is 5.60. The molecule has 0 saturated carbocycles. The van der Waals surface area contributed by atoms with Crippen LogP contribution in [0.15, 0.2) is 18.2 Å². The first-order valence-electron chi connectivity index (χ1n) is 6.15. The fraction of sp³-hybridized carbons (Fsp3) is 0.286. The van der Waals surface area contributed by atoms with Gasteiger partial charge < -0.3 is 11.1 Å². The van der Waals surface area contributed by atoms with E-state index in [9.17, 15) is 4.79 Å². The van der Waals surface area contributed by atoms with Crippen molar-refractivity contribution in [1.82, 2.24) is 4.98 Å². The van der Waals surface area contributed by atoms with Crippen molar-refractivity contribution < 1.29 is 4.79 Å². The molecule has 0 unspecified atom stereocenters. The molecule has 0 bridgehead atoms.